The molecule has 0 aliphatic carbocycles. The van der Waals surface area contributed by atoms with Crippen LogP contribution in [-0.4, -0.2) is 33.7 Å². The molecule has 7 heteroatoms. The van der Waals surface area contributed by atoms with Crippen molar-refractivity contribution in [1.29, 1.82) is 0 Å². The molecule has 23 heavy (non-hydrogen) atoms. The highest BCUT2D eigenvalue weighted by Gasteiger charge is 2.24. The van der Waals surface area contributed by atoms with Crippen LogP contribution in [0.15, 0.2) is 16.5 Å². The standard InChI is InChI=1S/C16H20O7/c1-9(17)5-11(15(19)20)7-13-3-4-14(23-13)8-12(16(21)22)6-10(2)18/h3-4,11-12H,5-8H2,1-2H3,(H,19,20)(H,21,22). The third-order valence-corrected chi connectivity index (χ3v) is 3.38. The third-order valence-electron chi connectivity index (χ3n) is 3.38. The Kier molecular flexibility index (Phi) is 6.68. The SMILES string of the molecule is CC(=O)CC(Cc1ccc(CC(CC(C)=O)C(=O)O)o1)C(=O)O. The van der Waals surface area contributed by atoms with Crippen molar-refractivity contribution in [3.63, 3.8) is 0 Å². The van der Waals surface area contributed by atoms with Crippen LogP contribution in [0.3, 0.4) is 0 Å². The van der Waals surface area contributed by atoms with Crippen molar-refractivity contribution in [3.8, 4) is 0 Å². The molecule has 2 unspecified atom stereocenters. The van der Waals surface area contributed by atoms with Gasteiger partial charge in [0.25, 0.3) is 0 Å². The normalized spacial score (nSPS) is 13.3. The number of Topliss-reactive ketones (excluding diaryl/α,β-unsaturated/α-hetero) is 2. The van der Waals surface area contributed by atoms with E-state index < -0.39 is 23.8 Å². The summed E-state index contributed by atoms with van der Waals surface area (Å²) < 4.78 is 5.46. The second-order valence-corrected chi connectivity index (χ2v) is 5.66. The predicted molar refractivity (Wildman–Crippen MR) is 79.0 cm³/mol. The number of hydrogen-bond donors (Lipinski definition) is 2. The van der Waals surface area contributed by atoms with Gasteiger partial charge in [0.1, 0.15) is 23.1 Å². The summed E-state index contributed by atoms with van der Waals surface area (Å²) in [5, 5.41) is 18.2. The molecule has 2 atom stereocenters. The van der Waals surface area contributed by atoms with Gasteiger partial charge < -0.3 is 24.2 Å². The number of carboxylic acid groups (broad SMARTS) is 2. The smallest absolute Gasteiger partial charge is 0.307 e. The van der Waals surface area contributed by atoms with Gasteiger partial charge >= 0.3 is 11.9 Å². The lowest BCUT2D eigenvalue weighted by Crippen LogP contribution is -2.19. The van der Waals surface area contributed by atoms with Crippen LogP contribution in [0.2, 0.25) is 0 Å². The number of furan rings is 1. The lowest BCUT2D eigenvalue weighted by atomic mass is 9.98. The Bertz CT molecular complexity index is 549. The van der Waals surface area contributed by atoms with Crippen molar-refractivity contribution in [1.82, 2.24) is 0 Å². The van der Waals surface area contributed by atoms with Crippen molar-refractivity contribution in [2.75, 3.05) is 0 Å². The monoisotopic (exact) mass is 324 g/mol. The second-order valence-electron chi connectivity index (χ2n) is 5.66. The highest BCUT2D eigenvalue weighted by Crippen LogP contribution is 2.20. The number of carbonyl (C=O) groups is 4. The molecular formula is C16H20O7. The molecule has 0 aliphatic heterocycles. The van der Waals surface area contributed by atoms with E-state index in [0.29, 0.717) is 11.5 Å². The van der Waals surface area contributed by atoms with Gasteiger partial charge in [0, 0.05) is 25.7 Å². The number of rotatable bonds is 10. The maximum atomic E-state index is 11.1. The molecule has 0 radical (unpaired) electrons. The average Bonchev–Trinajstić information content (AvgIpc) is 2.83. The van der Waals surface area contributed by atoms with E-state index in [1.807, 2.05) is 0 Å². The molecule has 0 saturated carbocycles. The zero-order chi connectivity index (χ0) is 17.6. The van der Waals surface area contributed by atoms with Crippen LogP contribution in [0.5, 0.6) is 0 Å². The minimum Gasteiger partial charge on any atom is -0.481 e. The van der Waals surface area contributed by atoms with E-state index in [4.69, 9.17) is 14.6 Å². The average molecular weight is 324 g/mol. The van der Waals surface area contributed by atoms with E-state index >= 15 is 0 Å². The molecule has 0 fully saturated rings. The van der Waals surface area contributed by atoms with E-state index in [0.717, 1.165) is 0 Å². The Morgan fingerprint density at radius 2 is 1.22 bits per heavy atom. The van der Waals surface area contributed by atoms with Gasteiger partial charge in [-0.2, -0.15) is 0 Å². The van der Waals surface area contributed by atoms with Crippen molar-refractivity contribution >= 4 is 23.5 Å². The van der Waals surface area contributed by atoms with Gasteiger partial charge in [-0.15, -0.1) is 0 Å². The zero-order valence-electron chi connectivity index (χ0n) is 13.1. The highest BCUT2D eigenvalue weighted by atomic mass is 16.4. The number of carbonyl (C=O) groups excluding carboxylic acids is 2. The quantitative estimate of drug-likeness (QED) is 0.672. The molecule has 0 aromatic carbocycles. The summed E-state index contributed by atoms with van der Waals surface area (Å²) in [7, 11) is 0. The second kappa shape index (κ2) is 8.26. The van der Waals surface area contributed by atoms with Gasteiger partial charge in [-0.25, -0.2) is 0 Å². The summed E-state index contributed by atoms with van der Waals surface area (Å²) in [6.07, 6.45) is -0.0698. The molecule has 1 heterocycles. The van der Waals surface area contributed by atoms with Gasteiger partial charge in [-0.05, 0) is 26.0 Å². The van der Waals surface area contributed by atoms with Crippen LogP contribution < -0.4 is 0 Å². The van der Waals surface area contributed by atoms with Crippen LogP contribution in [0, 0.1) is 11.8 Å². The Balaban J connectivity index is 2.76. The van der Waals surface area contributed by atoms with Crippen molar-refractivity contribution in [2.24, 2.45) is 11.8 Å². The van der Waals surface area contributed by atoms with Crippen molar-refractivity contribution < 1.29 is 33.8 Å². The minimum atomic E-state index is -1.09. The van der Waals surface area contributed by atoms with Gasteiger partial charge in [0.15, 0.2) is 0 Å². The fourth-order valence-electron chi connectivity index (χ4n) is 2.31. The number of hydrogen-bond acceptors (Lipinski definition) is 5. The highest BCUT2D eigenvalue weighted by molar-refractivity contribution is 5.82. The molecule has 126 valence electrons. The molecule has 0 bridgehead atoms. The Morgan fingerprint density at radius 1 is 0.870 bits per heavy atom. The fourth-order valence-corrected chi connectivity index (χ4v) is 2.31. The fraction of sp³-hybridized carbons (Fsp3) is 0.500. The molecule has 0 spiro atoms. The van der Waals surface area contributed by atoms with Gasteiger partial charge in [0.05, 0.1) is 11.8 Å². The van der Waals surface area contributed by atoms with Crippen LogP contribution >= 0.6 is 0 Å². The summed E-state index contributed by atoms with van der Waals surface area (Å²) >= 11 is 0. The summed E-state index contributed by atoms with van der Waals surface area (Å²) in [4.78, 5) is 44.4. The van der Waals surface area contributed by atoms with Crippen molar-refractivity contribution in [2.45, 2.75) is 39.5 Å². The number of ketones is 2. The molecule has 0 amide bonds. The molecule has 1 rings (SSSR count). The van der Waals surface area contributed by atoms with E-state index in [2.05, 4.69) is 0 Å². The van der Waals surface area contributed by atoms with Gasteiger partial charge in [-0.3, -0.25) is 9.59 Å². The predicted octanol–water partition coefficient (Wildman–Crippen LogP) is 1.72. The summed E-state index contributed by atoms with van der Waals surface area (Å²) in [5.74, 6) is -3.62. The first-order valence-corrected chi connectivity index (χ1v) is 7.21. The van der Waals surface area contributed by atoms with Gasteiger partial charge in [-0.1, -0.05) is 0 Å². The lowest BCUT2D eigenvalue weighted by Gasteiger charge is -2.09. The largest absolute Gasteiger partial charge is 0.481 e. The third kappa shape index (κ3) is 6.46. The molecular weight excluding hydrogens is 304 g/mol. The maximum absolute atomic E-state index is 11.1. The van der Waals surface area contributed by atoms with Crippen LogP contribution in [0.4, 0.5) is 0 Å². The molecule has 0 aliphatic rings. The van der Waals surface area contributed by atoms with E-state index in [-0.39, 0.29) is 37.2 Å². The molecule has 0 saturated heterocycles. The molecule has 2 N–H and O–H groups in total. The summed E-state index contributed by atoms with van der Waals surface area (Å²) in [6.45, 7) is 2.64. The number of aliphatic carboxylic acids is 2. The number of carboxylic acids is 2. The lowest BCUT2D eigenvalue weighted by molar-refractivity contribution is -0.144. The van der Waals surface area contributed by atoms with Gasteiger partial charge in [0.2, 0.25) is 0 Å². The van der Waals surface area contributed by atoms with E-state index in [1.165, 1.54) is 13.8 Å². The Hall–Kier alpha value is -2.44. The van der Waals surface area contributed by atoms with E-state index in [9.17, 15) is 19.2 Å². The topological polar surface area (TPSA) is 122 Å². The summed E-state index contributed by atoms with van der Waals surface area (Å²) in [6, 6.07) is 3.14. The maximum Gasteiger partial charge on any atom is 0.307 e. The zero-order valence-corrected chi connectivity index (χ0v) is 13.1. The van der Waals surface area contributed by atoms with Crippen molar-refractivity contribution in [3.05, 3.63) is 23.7 Å². The van der Waals surface area contributed by atoms with Crippen LogP contribution in [0.1, 0.15) is 38.2 Å². The molecule has 7 nitrogen and oxygen atoms in total. The first-order chi connectivity index (χ1) is 10.7. The summed E-state index contributed by atoms with van der Waals surface area (Å²) in [5.41, 5.74) is 0. The Morgan fingerprint density at radius 3 is 1.48 bits per heavy atom. The minimum absolute atomic E-state index is 0.0549. The Labute approximate surface area is 133 Å². The van der Waals surface area contributed by atoms with E-state index in [1.54, 1.807) is 12.1 Å². The first kappa shape index (κ1) is 18.6. The molecule has 1 aromatic rings. The van der Waals surface area contributed by atoms with Crippen LogP contribution in [-0.2, 0) is 32.0 Å². The molecule has 1 aromatic heterocycles. The first-order valence-electron chi connectivity index (χ1n) is 7.21. The van der Waals surface area contributed by atoms with Crippen LogP contribution in [0.25, 0.3) is 0 Å².